The molecule has 8 heteroatoms. The number of carbonyl (C=O) groups is 1. The molecule has 3 aromatic heterocycles. The van der Waals surface area contributed by atoms with Crippen molar-refractivity contribution >= 4 is 49.6 Å². The van der Waals surface area contributed by atoms with E-state index >= 15 is 0 Å². The number of thiazole rings is 1. The van der Waals surface area contributed by atoms with E-state index in [1.54, 1.807) is 21.9 Å². The van der Waals surface area contributed by atoms with Gasteiger partial charge in [0.2, 0.25) is 5.91 Å². The highest BCUT2D eigenvalue weighted by Crippen LogP contribution is 2.29. The average molecular weight is 396 g/mol. The van der Waals surface area contributed by atoms with Crippen LogP contribution in [0.4, 0.5) is 10.8 Å². The number of aromatic nitrogens is 3. The zero-order valence-corrected chi connectivity index (χ0v) is 16.4. The van der Waals surface area contributed by atoms with Crippen LogP contribution < -0.4 is 10.5 Å². The Morgan fingerprint density at radius 1 is 1.26 bits per heavy atom. The third kappa shape index (κ3) is 3.41. The van der Waals surface area contributed by atoms with E-state index in [0.717, 1.165) is 16.1 Å². The minimum Gasteiger partial charge on any atom is -0.293 e. The molecule has 0 radical (unpaired) electrons. The minimum absolute atomic E-state index is 0.0853. The second-order valence-electron chi connectivity index (χ2n) is 6.13. The summed E-state index contributed by atoms with van der Waals surface area (Å²) >= 11 is 2.82. The first-order valence-corrected chi connectivity index (χ1v) is 10.0. The monoisotopic (exact) mass is 396 g/mol. The summed E-state index contributed by atoms with van der Waals surface area (Å²) in [7, 11) is 0. The largest absolute Gasteiger partial charge is 0.293 e. The van der Waals surface area contributed by atoms with Gasteiger partial charge in [-0.15, -0.1) is 22.7 Å². The number of hydrogen-bond donors (Lipinski definition) is 0. The first-order valence-electron chi connectivity index (χ1n) is 8.27. The van der Waals surface area contributed by atoms with Crippen LogP contribution in [0.1, 0.15) is 18.2 Å². The van der Waals surface area contributed by atoms with E-state index in [1.807, 2.05) is 41.9 Å². The summed E-state index contributed by atoms with van der Waals surface area (Å²) in [5.41, 5.74) is 2.48. The Morgan fingerprint density at radius 3 is 2.89 bits per heavy atom. The Bertz CT molecular complexity index is 1190. The second-order valence-corrected chi connectivity index (χ2v) is 7.86. The lowest BCUT2D eigenvalue weighted by molar-refractivity contribution is -0.115. The number of thiophene rings is 1. The van der Waals surface area contributed by atoms with Crippen molar-refractivity contribution in [1.82, 2.24) is 14.5 Å². The van der Waals surface area contributed by atoms with Gasteiger partial charge >= 0.3 is 0 Å². The van der Waals surface area contributed by atoms with Crippen LogP contribution in [0, 0.1) is 6.92 Å². The quantitative estimate of drug-likeness (QED) is 0.524. The predicted octanol–water partition coefficient (Wildman–Crippen LogP) is 3.96. The molecule has 0 aliphatic carbocycles. The minimum atomic E-state index is -0.111. The van der Waals surface area contributed by atoms with Gasteiger partial charge in [0, 0.05) is 12.3 Å². The molecule has 4 rings (SSSR count). The van der Waals surface area contributed by atoms with Crippen LogP contribution in [-0.4, -0.2) is 20.4 Å². The number of benzene rings is 1. The molecule has 0 saturated heterocycles. The van der Waals surface area contributed by atoms with Gasteiger partial charge in [-0.2, -0.15) is 0 Å². The van der Waals surface area contributed by atoms with Crippen LogP contribution in [0.3, 0.4) is 0 Å². The van der Waals surface area contributed by atoms with E-state index in [0.29, 0.717) is 22.8 Å². The lowest BCUT2D eigenvalue weighted by atomic mass is 10.2. The van der Waals surface area contributed by atoms with Gasteiger partial charge in [-0.25, -0.2) is 9.97 Å². The molecule has 0 atom stereocenters. The standard InChI is InChI=1S/C19H16N4O2S2/c1-12-4-3-5-15(8-12)23(13(2)24)19-21-14(10-27-19)9-22-11-20-17-16(18(22)25)6-7-26-17/h3-8,10-11H,9H2,1-2H3. The number of carbonyl (C=O) groups excluding carboxylic acids is 1. The van der Waals surface area contributed by atoms with Crippen molar-refractivity contribution in [3.63, 3.8) is 0 Å². The zero-order valence-electron chi connectivity index (χ0n) is 14.7. The highest BCUT2D eigenvalue weighted by Gasteiger charge is 2.18. The van der Waals surface area contributed by atoms with E-state index in [-0.39, 0.29) is 11.5 Å². The van der Waals surface area contributed by atoms with Crippen molar-refractivity contribution in [2.24, 2.45) is 0 Å². The maximum absolute atomic E-state index is 12.5. The Kier molecular flexibility index (Phi) is 4.59. The van der Waals surface area contributed by atoms with Crippen LogP contribution in [0.5, 0.6) is 0 Å². The first kappa shape index (κ1) is 17.6. The van der Waals surface area contributed by atoms with Gasteiger partial charge in [-0.1, -0.05) is 12.1 Å². The molecule has 0 bridgehead atoms. The van der Waals surface area contributed by atoms with Crippen LogP contribution >= 0.6 is 22.7 Å². The summed E-state index contributed by atoms with van der Waals surface area (Å²) in [6, 6.07) is 9.51. The number of hydrogen-bond acceptors (Lipinski definition) is 6. The summed E-state index contributed by atoms with van der Waals surface area (Å²) in [5, 5.41) is 4.92. The molecule has 0 unspecified atom stereocenters. The molecular formula is C19H16N4O2S2. The van der Waals surface area contributed by atoms with E-state index < -0.39 is 0 Å². The highest BCUT2D eigenvalue weighted by molar-refractivity contribution is 7.16. The Hall–Kier alpha value is -2.84. The van der Waals surface area contributed by atoms with Crippen molar-refractivity contribution in [3.05, 3.63) is 69.0 Å². The van der Waals surface area contributed by atoms with E-state index in [9.17, 15) is 9.59 Å². The fraction of sp³-hybridized carbons (Fsp3) is 0.158. The molecule has 1 amide bonds. The van der Waals surface area contributed by atoms with Crippen molar-refractivity contribution < 1.29 is 4.79 Å². The molecule has 136 valence electrons. The number of fused-ring (bicyclic) bond motifs is 1. The van der Waals surface area contributed by atoms with Gasteiger partial charge in [0.05, 0.1) is 29.6 Å². The number of amides is 1. The third-order valence-corrected chi connectivity index (χ3v) is 5.78. The summed E-state index contributed by atoms with van der Waals surface area (Å²) in [6.07, 6.45) is 1.55. The van der Waals surface area contributed by atoms with Gasteiger partial charge in [0.25, 0.3) is 5.56 Å². The number of anilines is 2. The fourth-order valence-electron chi connectivity index (χ4n) is 2.85. The summed E-state index contributed by atoms with van der Waals surface area (Å²) in [6.45, 7) is 3.81. The Morgan fingerprint density at radius 2 is 2.11 bits per heavy atom. The summed E-state index contributed by atoms with van der Waals surface area (Å²) < 4.78 is 1.54. The van der Waals surface area contributed by atoms with Crippen LogP contribution in [0.2, 0.25) is 0 Å². The fourth-order valence-corrected chi connectivity index (χ4v) is 4.45. The Balaban J connectivity index is 1.66. The zero-order chi connectivity index (χ0) is 19.0. The molecule has 0 saturated carbocycles. The number of nitrogens with zero attached hydrogens (tertiary/aromatic N) is 4. The van der Waals surface area contributed by atoms with Crippen LogP contribution in [0.25, 0.3) is 10.2 Å². The lowest BCUT2D eigenvalue weighted by Gasteiger charge is -2.18. The maximum Gasteiger partial charge on any atom is 0.262 e. The SMILES string of the molecule is CC(=O)N(c1cccc(C)c1)c1nc(Cn2cnc3sccc3c2=O)cs1. The number of aryl methyl sites for hydroxylation is 1. The van der Waals surface area contributed by atoms with Crippen molar-refractivity contribution in [3.8, 4) is 0 Å². The molecule has 1 aromatic carbocycles. The van der Waals surface area contributed by atoms with E-state index in [1.165, 1.54) is 29.6 Å². The maximum atomic E-state index is 12.5. The van der Waals surface area contributed by atoms with Crippen molar-refractivity contribution in [2.75, 3.05) is 4.90 Å². The molecule has 0 spiro atoms. The molecule has 0 aliphatic rings. The predicted molar refractivity (Wildman–Crippen MR) is 109 cm³/mol. The van der Waals surface area contributed by atoms with Crippen molar-refractivity contribution in [1.29, 1.82) is 0 Å². The van der Waals surface area contributed by atoms with Crippen molar-refractivity contribution in [2.45, 2.75) is 20.4 Å². The average Bonchev–Trinajstić information content (AvgIpc) is 3.27. The van der Waals surface area contributed by atoms with Crippen LogP contribution in [0.15, 0.2) is 52.2 Å². The van der Waals surface area contributed by atoms with E-state index in [4.69, 9.17) is 0 Å². The van der Waals surface area contributed by atoms with Crippen LogP contribution in [-0.2, 0) is 11.3 Å². The van der Waals surface area contributed by atoms with Gasteiger partial charge in [0.1, 0.15) is 4.83 Å². The summed E-state index contributed by atoms with van der Waals surface area (Å²) in [5.74, 6) is -0.111. The molecule has 0 fully saturated rings. The lowest BCUT2D eigenvalue weighted by Crippen LogP contribution is -2.23. The normalized spacial score (nSPS) is 11.0. The van der Waals surface area contributed by atoms with E-state index in [2.05, 4.69) is 9.97 Å². The third-order valence-electron chi connectivity index (χ3n) is 4.09. The smallest absolute Gasteiger partial charge is 0.262 e. The van der Waals surface area contributed by atoms with Gasteiger partial charge < -0.3 is 0 Å². The second kappa shape index (κ2) is 7.05. The van der Waals surface area contributed by atoms with Gasteiger partial charge in [-0.3, -0.25) is 19.1 Å². The molecule has 3 heterocycles. The molecule has 0 N–H and O–H groups in total. The Labute approximate surface area is 163 Å². The molecular weight excluding hydrogens is 380 g/mol. The first-order chi connectivity index (χ1) is 13.0. The topological polar surface area (TPSA) is 68.1 Å². The number of rotatable bonds is 4. The molecule has 4 aromatic rings. The highest BCUT2D eigenvalue weighted by atomic mass is 32.1. The molecule has 27 heavy (non-hydrogen) atoms. The molecule has 0 aliphatic heterocycles. The van der Waals surface area contributed by atoms with Gasteiger partial charge in [-0.05, 0) is 36.1 Å². The molecule has 6 nitrogen and oxygen atoms in total. The summed E-state index contributed by atoms with van der Waals surface area (Å²) in [4.78, 5) is 36.0. The van der Waals surface area contributed by atoms with Gasteiger partial charge in [0.15, 0.2) is 5.13 Å².